The van der Waals surface area contributed by atoms with Gasteiger partial charge in [0, 0.05) is 10.7 Å². The zero-order chi connectivity index (χ0) is 13.6. The summed E-state index contributed by atoms with van der Waals surface area (Å²) in [7, 11) is 0. The van der Waals surface area contributed by atoms with Crippen molar-refractivity contribution in [2.24, 2.45) is 0 Å². The van der Waals surface area contributed by atoms with Crippen LogP contribution >= 0.6 is 23.2 Å². The van der Waals surface area contributed by atoms with Gasteiger partial charge < -0.3 is 10.2 Å². The third kappa shape index (κ3) is 2.13. The van der Waals surface area contributed by atoms with Gasteiger partial charge in [-0.2, -0.15) is 0 Å². The van der Waals surface area contributed by atoms with Gasteiger partial charge in [0.05, 0.1) is 10.6 Å². The van der Waals surface area contributed by atoms with Crippen LogP contribution in [-0.2, 0) is 0 Å². The Morgan fingerprint density at radius 1 is 1.16 bits per heavy atom. The van der Waals surface area contributed by atoms with Crippen LogP contribution in [-0.4, -0.2) is 4.98 Å². The molecule has 96 valence electrons. The van der Waals surface area contributed by atoms with E-state index >= 15 is 0 Å². The van der Waals surface area contributed by atoms with Crippen molar-refractivity contribution in [1.82, 2.24) is 4.98 Å². The smallest absolute Gasteiger partial charge is 0.229 e. The standard InChI is InChI=1S/C13H7Cl2FN2O/c14-6-3-9(15)12-11(4-6)18-13(19-12)8-5-7(16)1-2-10(8)17/h1-5H,17H2. The number of rotatable bonds is 1. The summed E-state index contributed by atoms with van der Waals surface area (Å²) in [6.07, 6.45) is 0. The Balaban J connectivity index is 2.26. The highest BCUT2D eigenvalue weighted by molar-refractivity contribution is 6.38. The Kier molecular flexibility index (Phi) is 2.84. The van der Waals surface area contributed by atoms with Gasteiger partial charge >= 0.3 is 0 Å². The van der Waals surface area contributed by atoms with Crippen molar-refractivity contribution in [3.8, 4) is 11.5 Å². The summed E-state index contributed by atoms with van der Waals surface area (Å²) in [6, 6.07) is 7.15. The van der Waals surface area contributed by atoms with Crippen LogP contribution in [0.25, 0.3) is 22.6 Å². The summed E-state index contributed by atoms with van der Waals surface area (Å²) in [4.78, 5) is 4.22. The lowest BCUT2D eigenvalue weighted by atomic mass is 10.2. The Hall–Kier alpha value is -1.78. The molecule has 0 unspecified atom stereocenters. The first kappa shape index (κ1) is 12.3. The lowest BCUT2D eigenvalue weighted by Gasteiger charge is -2.00. The molecule has 1 heterocycles. The highest BCUT2D eigenvalue weighted by atomic mass is 35.5. The van der Waals surface area contributed by atoms with Crippen LogP contribution in [0.1, 0.15) is 0 Å². The number of nitrogens with two attached hydrogens (primary N) is 1. The Morgan fingerprint density at radius 3 is 2.74 bits per heavy atom. The summed E-state index contributed by atoms with van der Waals surface area (Å²) in [5, 5.41) is 0.792. The molecule has 2 aromatic carbocycles. The monoisotopic (exact) mass is 296 g/mol. The van der Waals surface area contributed by atoms with E-state index in [1.54, 1.807) is 12.1 Å². The molecule has 0 bridgehead atoms. The second-order valence-corrected chi connectivity index (χ2v) is 4.83. The maximum absolute atomic E-state index is 13.3. The molecule has 1 aromatic heterocycles. The van der Waals surface area contributed by atoms with E-state index in [4.69, 9.17) is 33.4 Å². The quantitative estimate of drug-likeness (QED) is 0.672. The van der Waals surface area contributed by atoms with E-state index in [0.717, 1.165) is 0 Å². The number of anilines is 1. The molecule has 0 aliphatic carbocycles. The summed E-state index contributed by atoms with van der Waals surface area (Å²) in [6.45, 7) is 0. The average Bonchev–Trinajstić information content (AvgIpc) is 2.76. The van der Waals surface area contributed by atoms with Crippen LogP contribution < -0.4 is 5.73 Å². The van der Waals surface area contributed by atoms with Crippen molar-refractivity contribution < 1.29 is 8.81 Å². The van der Waals surface area contributed by atoms with Crippen molar-refractivity contribution in [3.05, 3.63) is 46.2 Å². The summed E-state index contributed by atoms with van der Waals surface area (Å²) >= 11 is 11.9. The maximum Gasteiger partial charge on any atom is 0.229 e. The Bertz CT molecular complexity index is 786. The number of hydrogen-bond acceptors (Lipinski definition) is 3. The lowest BCUT2D eigenvalue weighted by molar-refractivity contribution is 0.611. The van der Waals surface area contributed by atoms with Gasteiger partial charge in [-0.3, -0.25) is 0 Å². The third-order valence-corrected chi connectivity index (χ3v) is 3.15. The number of fused-ring (bicyclic) bond motifs is 1. The molecule has 0 aliphatic heterocycles. The molecule has 0 amide bonds. The first-order valence-corrected chi connectivity index (χ1v) is 6.11. The lowest BCUT2D eigenvalue weighted by Crippen LogP contribution is -1.90. The molecule has 19 heavy (non-hydrogen) atoms. The summed E-state index contributed by atoms with van der Waals surface area (Å²) < 4.78 is 18.8. The number of nitrogen functional groups attached to an aromatic ring is 1. The van der Waals surface area contributed by atoms with Gasteiger partial charge in [-0.05, 0) is 30.3 Å². The summed E-state index contributed by atoms with van der Waals surface area (Å²) in [5.74, 6) is -0.216. The SMILES string of the molecule is Nc1ccc(F)cc1-c1nc2cc(Cl)cc(Cl)c2o1. The molecular formula is C13H7Cl2FN2O. The van der Waals surface area contributed by atoms with Crippen LogP contribution in [0.3, 0.4) is 0 Å². The first-order valence-electron chi connectivity index (χ1n) is 5.35. The number of halogens is 3. The van der Waals surface area contributed by atoms with E-state index in [2.05, 4.69) is 4.98 Å². The van der Waals surface area contributed by atoms with E-state index in [1.165, 1.54) is 18.2 Å². The molecule has 2 N–H and O–H groups in total. The van der Waals surface area contributed by atoms with E-state index in [1.807, 2.05) is 0 Å². The molecule has 0 saturated heterocycles. The van der Waals surface area contributed by atoms with Crippen molar-refractivity contribution >= 4 is 40.0 Å². The number of aromatic nitrogens is 1. The van der Waals surface area contributed by atoms with Gasteiger partial charge in [0.25, 0.3) is 0 Å². The normalized spacial score (nSPS) is 11.1. The van der Waals surface area contributed by atoms with E-state index in [0.29, 0.717) is 32.4 Å². The molecule has 0 fully saturated rings. The molecule has 0 atom stereocenters. The molecule has 6 heteroatoms. The largest absolute Gasteiger partial charge is 0.434 e. The van der Waals surface area contributed by atoms with Crippen molar-refractivity contribution in [2.75, 3.05) is 5.73 Å². The predicted molar refractivity (Wildman–Crippen MR) is 73.8 cm³/mol. The number of oxazole rings is 1. The fourth-order valence-corrected chi connectivity index (χ4v) is 2.31. The average molecular weight is 297 g/mol. The first-order chi connectivity index (χ1) is 9.04. The van der Waals surface area contributed by atoms with Gasteiger partial charge in [0.15, 0.2) is 5.58 Å². The third-order valence-electron chi connectivity index (χ3n) is 2.66. The molecule has 0 saturated carbocycles. The number of hydrogen-bond donors (Lipinski definition) is 1. The van der Waals surface area contributed by atoms with Crippen LogP contribution in [0.4, 0.5) is 10.1 Å². The molecule has 0 radical (unpaired) electrons. The molecule has 3 nitrogen and oxygen atoms in total. The topological polar surface area (TPSA) is 52.0 Å². The van der Waals surface area contributed by atoms with E-state index < -0.39 is 5.82 Å². The van der Waals surface area contributed by atoms with Gasteiger partial charge in [-0.1, -0.05) is 23.2 Å². The maximum atomic E-state index is 13.3. The Labute approximate surface area is 117 Å². The fraction of sp³-hybridized carbons (Fsp3) is 0. The van der Waals surface area contributed by atoms with Gasteiger partial charge in [-0.25, -0.2) is 9.37 Å². The number of nitrogens with zero attached hydrogens (tertiary/aromatic N) is 1. The van der Waals surface area contributed by atoms with Crippen LogP contribution in [0, 0.1) is 5.82 Å². The highest BCUT2D eigenvalue weighted by Crippen LogP contribution is 2.33. The zero-order valence-electron chi connectivity index (χ0n) is 9.45. The number of benzene rings is 2. The Morgan fingerprint density at radius 2 is 1.95 bits per heavy atom. The minimum atomic E-state index is -0.421. The van der Waals surface area contributed by atoms with Crippen LogP contribution in [0.2, 0.25) is 10.0 Å². The van der Waals surface area contributed by atoms with Gasteiger partial charge in [0.1, 0.15) is 11.3 Å². The van der Waals surface area contributed by atoms with E-state index in [9.17, 15) is 4.39 Å². The van der Waals surface area contributed by atoms with Gasteiger partial charge in [-0.15, -0.1) is 0 Å². The molecular weight excluding hydrogens is 290 g/mol. The van der Waals surface area contributed by atoms with Crippen LogP contribution in [0.15, 0.2) is 34.7 Å². The minimum Gasteiger partial charge on any atom is -0.434 e. The zero-order valence-corrected chi connectivity index (χ0v) is 11.0. The van der Waals surface area contributed by atoms with E-state index in [-0.39, 0.29) is 5.89 Å². The van der Waals surface area contributed by atoms with Gasteiger partial charge in [0.2, 0.25) is 5.89 Å². The minimum absolute atomic E-state index is 0.205. The molecule has 0 spiro atoms. The second-order valence-electron chi connectivity index (χ2n) is 3.99. The second kappa shape index (κ2) is 4.40. The van der Waals surface area contributed by atoms with Crippen molar-refractivity contribution in [1.29, 1.82) is 0 Å². The molecule has 3 rings (SSSR count). The van der Waals surface area contributed by atoms with Crippen molar-refractivity contribution in [3.63, 3.8) is 0 Å². The molecule has 0 aliphatic rings. The van der Waals surface area contributed by atoms with Crippen molar-refractivity contribution in [2.45, 2.75) is 0 Å². The van der Waals surface area contributed by atoms with Crippen LogP contribution in [0.5, 0.6) is 0 Å². The fourth-order valence-electron chi connectivity index (χ4n) is 1.79. The highest BCUT2D eigenvalue weighted by Gasteiger charge is 2.14. The molecule has 3 aromatic rings. The predicted octanol–water partition coefficient (Wildman–Crippen LogP) is 4.52. The summed E-state index contributed by atoms with van der Waals surface area (Å²) in [5.41, 5.74) is 7.42.